The van der Waals surface area contributed by atoms with Crippen LogP contribution in [0, 0.1) is 0 Å². The van der Waals surface area contributed by atoms with Crippen LogP contribution in [0.4, 0.5) is 0 Å². The molecule has 5 heteroatoms. The number of oxazole rings is 1. The van der Waals surface area contributed by atoms with Crippen LogP contribution in [0.15, 0.2) is 29.0 Å². The predicted octanol–water partition coefficient (Wildman–Crippen LogP) is 3.25. The van der Waals surface area contributed by atoms with Crippen LogP contribution in [-0.2, 0) is 6.54 Å². The first-order chi connectivity index (χ1) is 9.96. The van der Waals surface area contributed by atoms with Gasteiger partial charge in [-0.3, -0.25) is 0 Å². The fourth-order valence-corrected chi connectivity index (χ4v) is 2.02. The molecule has 1 aromatic heterocycles. The van der Waals surface area contributed by atoms with Crippen LogP contribution >= 0.6 is 0 Å². The van der Waals surface area contributed by atoms with Crippen molar-refractivity contribution in [2.24, 2.45) is 0 Å². The maximum Gasteiger partial charge on any atom is 0.181 e. The lowest BCUT2D eigenvalue weighted by atomic mass is 10.1. The Hall–Kier alpha value is -2.01. The second kappa shape index (κ2) is 6.18. The van der Waals surface area contributed by atoms with E-state index in [1.807, 2.05) is 18.2 Å². The van der Waals surface area contributed by atoms with Crippen molar-refractivity contribution in [2.45, 2.75) is 32.9 Å². The Kier molecular flexibility index (Phi) is 4.53. The minimum Gasteiger partial charge on any atom is -0.496 e. The summed E-state index contributed by atoms with van der Waals surface area (Å²) in [5, 5.41) is 3.41. The largest absolute Gasteiger partial charge is 0.496 e. The number of methoxy groups -OCH3 is 2. The van der Waals surface area contributed by atoms with Gasteiger partial charge in [0.2, 0.25) is 0 Å². The van der Waals surface area contributed by atoms with Crippen molar-refractivity contribution in [3.63, 3.8) is 0 Å². The van der Waals surface area contributed by atoms with E-state index >= 15 is 0 Å². The molecule has 2 rings (SSSR count). The van der Waals surface area contributed by atoms with Crippen molar-refractivity contribution in [1.82, 2.24) is 10.3 Å². The van der Waals surface area contributed by atoms with E-state index in [4.69, 9.17) is 13.9 Å². The van der Waals surface area contributed by atoms with Gasteiger partial charge in [-0.25, -0.2) is 4.98 Å². The molecule has 21 heavy (non-hydrogen) atoms. The SMILES string of the molecule is COc1cccc(OC)c1-c1ocnc1CNC(C)(C)C. The van der Waals surface area contributed by atoms with Gasteiger partial charge in [-0.2, -0.15) is 0 Å². The van der Waals surface area contributed by atoms with Gasteiger partial charge in [-0.15, -0.1) is 0 Å². The minimum atomic E-state index is 0.00107. The lowest BCUT2D eigenvalue weighted by molar-refractivity contribution is 0.393. The van der Waals surface area contributed by atoms with E-state index in [1.54, 1.807) is 14.2 Å². The quantitative estimate of drug-likeness (QED) is 0.916. The summed E-state index contributed by atoms with van der Waals surface area (Å²) >= 11 is 0. The normalized spacial score (nSPS) is 11.5. The summed E-state index contributed by atoms with van der Waals surface area (Å²) in [6.07, 6.45) is 1.45. The molecule has 1 heterocycles. The van der Waals surface area contributed by atoms with Crippen LogP contribution in [0.1, 0.15) is 26.5 Å². The van der Waals surface area contributed by atoms with E-state index in [0.717, 1.165) is 11.3 Å². The van der Waals surface area contributed by atoms with Crippen molar-refractivity contribution < 1.29 is 13.9 Å². The monoisotopic (exact) mass is 290 g/mol. The Morgan fingerprint density at radius 2 is 1.76 bits per heavy atom. The lowest BCUT2D eigenvalue weighted by Gasteiger charge is -2.20. The van der Waals surface area contributed by atoms with Crippen LogP contribution < -0.4 is 14.8 Å². The Morgan fingerprint density at radius 3 is 2.29 bits per heavy atom. The molecule has 0 unspecified atom stereocenters. The molecule has 0 fully saturated rings. The summed E-state index contributed by atoms with van der Waals surface area (Å²) in [5.74, 6) is 2.06. The second-order valence-corrected chi connectivity index (χ2v) is 5.77. The number of hydrogen-bond donors (Lipinski definition) is 1. The number of nitrogens with zero attached hydrogens (tertiary/aromatic N) is 1. The van der Waals surface area contributed by atoms with Gasteiger partial charge in [-0.05, 0) is 32.9 Å². The molecule has 114 valence electrons. The third-order valence-corrected chi connectivity index (χ3v) is 3.08. The number of ether oxygens (including phenoxy) is 2. The van der Waals surface area contributed by atoms with Crippen molar-refractivity contribution in [3.05, 3.63) is 30.3 Å². The molecule has 2 aromatic rings. The summed E-state index contributed by atoms with van der Waals surface area (Å²) in [4.78, 5) is 4.31. The summed E-state index contributed by atoms with van der Waals surface area (Å²) in [6, 6.07) is 5.63. The minimum absolute atomic E-state index is 0.00107. The zero-order chi connectivity index (χ0) is 15.5. The van der Waals surface area contributed by atoms with E-state index in [-0.39, 0.29) is 5.54 Å². The average molecular weight is 290 g/mol. The number of nitrogens with one attached hydrogen (secondary N) is 1. The van der Waals surface area contributed by atoms with Crippen LogP contribution in [-0.4, -0.2) is 24.7 Å². The second-order valence-electron chi connectivity index (χ2n) is 5.77. The van der Waals surface area contributed by atoms with E-state index in [9.17, 15) is 0 Å². The van der Waals surface area contributed by atoms with E-state index in [0.29, 0.717) is 23.8 Å². The molecule has 1 N–H and O–H groups in total. The van der Waals surface area contributed by atoms with Gasteiger partial charge in [-0.1, -0.05) is 6.07 Å². The van der Waals surface area contributed by atoms with Crippen molar-refractivity contribution in [1.29, 1.82) is 0 Å². The molecule has 0 aliphatic rings. The van der Waals surface area contributed by atoms with Crippen molar-refractivity contribution >= 4 is 0 Å². The molecule has 5 nitrogen and oxygen atoms in total. The molecule has 0 aliphatic heterocycles. The highest BCUT2D eigenvalue weighted by Gasteiger charge is 2.21. The third-order valence-electron chi connectivity index (χ3n) is 3.08. The molecule has 0 saturated carbocycles. The molecule has 0 spiro atoms. The first-order valence-corrected chi connectivity index (χ1v) is 6.85. The molecule has 0 aliphatic carbocycles. The molecule has 0 saturated heterocycles. The van der Waals surface area contributed by atoms with Crippen LogP contribution in [0.5, 0.6) is 11.5 Å². The van der Waals surface area contributed by atoms with Gasteiger partial charge in [0, 0.05) is 12.1 Å². The van der Waals surface area contributed by atoms with Gasteiger partial charge in [0.05, 0.1) is 14.2 Å². The lowest BCUT2D eigenvalue weighted by Crippen LogP contribution is -2.35. The Labute approximate surface area is 125 Å². The summed E-state index contributed by atoms with van der Waals surface area (Å²) in [6.45, 7) is 6.93. The highest BCUT2D eigenvalue weighted by atomic mass is 16.5. The highest BCUT2D eigenvalue weighted by Crippen LogP contribution is 2.39. The first kappa shape index (κ1) is 15.4. The topological polar surface area (TPSA) is 56.5 Å². The zero-order valence-corrected chi connectivity index (χ0v) is 13.2. The molecule has 0 radical (unpaired) electrons. The van der Waals surface area contributed by atoms with Crippen molar-refractivity contribution in [2.75, 3.05) is 14.2 Å². The Morgan fingerprint density at radius 1 is 1.14 bits per heavy atom. The number of benzene rings is 1. The fourth-order valence-electron chi connectivity index (χ4n) is 2.02. The number of aromatic nitrogens is 1. The maximum atomic E-state index is 5.59. The van der Waals surface area contributed by atoms with Gasteiger partial charge in [0.15, 0.2) is 12.2 Å². The Balaban J connectivity index is 2.41. The average Bonchev–Trinajstić information content (AvgIpc) is 2.91. The first-order valence-electron chi connectivity index (χ1n) is 6.85. The zero-order valence-electron chi connectivity index (χ0n) is 13.2. The summed E-state index contributed by atoms with van der Waals surface area (Å²) in [7, 11) is 3.25. The molecular weight excluding hydrogens is 268 g/mol. The van der Waals surface area contributed by atoms with Crippen LogP contribution in [0.2, 0.25) is 0 Å². The molecule has 0 atom stereocenters. The summed E-state index contributed by atoms with van der Waals surface area (Å²) in [5.41, 5.74) is 1.61. The third kappa shape index (κ3) is 3.55. The van der Waals surface area contributed by atoms with E-state index < -0.39 is 0 Å². The molecule has 0 amide bonds. The van der Waals surface area contributed by atoms with E-state index in [1.165, 1.54) is 6.39 Å². The van der Waals surface area contributed by atoms with Gasteiger partial charge >= 0.3 is 0 Å². The van der Waals surface area contributed by atoms with Gasteiger partial charge in [0.25, 0.3) is 0 Å². The molecule has 0 bridgehead atoms. The number of rotatable bonds is 5. The maximum absolute atomic E-state index is 5.59. The van der Waals surface area contributed by atoms with Gasteiger partial charge in [0.1, 0.15) is 22.8 Å². The van der Waals surface area contributed by atoms with Gasteiger partial charge < -0.3 is 19.2 Å². The Bertz CT molecular complexity index is 578. The van der Waals surface area contributed by atoms with E-state index in [2.05, 4.69) is 31.1 Å². The van der Waals surface area contributed by atoms with Crippen LogP contribution in [0.25, 0.3) is 11.3 Å². The fraction of sp³-hybridized carbons (Fsp3) is 0.438. The molecular formula is C16H22N2O3. The van der Waals surface area contributed by atoms with Crippen LogP contribution in [0.3, 0.4) is 0 Å². The molecule has 1 aromatic carbocycles. The smallest absolute Gasteiger partial charge is 0.181 e. The van der Waals surface area contributed by atoms with Crippen molar-refractivity contribution in [3.8, 4) is 22.8 Å². The number of hydrogen-bond acceptors (Lipinski definition) is 5. The highest BCUT2D eigenvalue weighted by molar-refractivity contribution is 5.74. The summed E-state index contributed by atoms with van der Waals surface area (Å²) < 4.78 is 16.4. The predicted molar refractivity (Wildman–Crippen MR) is 81.6 cm³/mol. The standard InChI is InChI=1S/C16H22N2O3/c1-16(2,3)18-9-11-15(21-10-17-11)14-12(19-4)7-6-8-13(14)20-5/h6-8,10,18H,9H2,1-5H3.